The second-order valence-corrected chi connectivity index (χ2v) is 4.33. The number of amides is 1. The van der Waals surface area contributed by atoms with E-state index in [-0.39, 0.29) is 23.7 Å². The first-order valence-electron chi connectivity index (χ1n) is 5.94. The van der Waals surface area contributed by atoms with Crippen molar-refractivity contribution in [2.75, 3.05) is 13.7 Å². The van der Waals surface area contributed by atoms with Gasteiger partial charge in [-0.25, -0.2) is 0 Å². The number of nitrogens with one attached hydrogen (secondary N) is 1. The van der Waals surface area contributed by atoms with E-state index in [0.717, 1.165) is 19.3 Å². The van der Waals surface area contributed by atoms with Crippen LogP contribution in [0.5, 0.6) is 0 Å². The van der Waals surface area contributed by atoms with E-state index in [9.17, 15) is 4.79 Å². The summed E-state index contributed by atoms with van der Waals surface area (Å²) in [4.78, 5) is 11.6. The maximum absolute atomic E-state index is 11.6. The van der Waals surface area contributed by atoms with E-state index in [1.807, 2.05) is 0 Å². The Morgan fingerprint density at radius 1 is 1.59 bits per heavy atom. The normalized spacial score (nSPS) is 24.9. The molecule has 2 unspecified atom stereocenters. The highest BCUT2D eigenvalue weighted by Gasteiger charge is 2.31. The molecule has 17 heavy (non-hydrogen) atoms. The van der Waals surface area contributed by atoms with Crippen molar-refractivity contribution in [2.24, 2.45) is 16.8 Å². The van der Waals surface area contributed by atoms with E-state index in [1.165, 1.54) is 0 Å². The lowest BCUT2D eigenvalue weighted by molar-refractivity contribution is -0.122. The lowest BCUT2D eigenvalue weighted by Crippen LogP contribution is -2.42. The van der Waals surface area contributed by atoms with Gasteiger partial charge in [-0.05, 0) is 19.3 Å². The van der Waals surface area contributed by atoms with Crippen LogP contribution in [0, 0.1) is 5.92 Å². The molecule has 0 radical (unpaired) electrons. The van der Waals surface area contributed by atoms with Crippen LogP contribution in [-0.4, -0.2) is 36.7 Å². The zero-order chi connectivity index (χ0) is 12.7. The van der Waals surface area contributed by atoms with E-state index >= 15 is 0 Å². The minimum atomic E-state index is -0.0358. The highest BCUT2D eigenvalue weighted by atomic mass is 16.5. The minimum Gasteiger partial charge on any atom is -0.409 e. The molecule has 0 aromatic carbocycles. The molecule has 1 saturated carbocycles. The fraction of sp³-hybridized carbons (Fsp3) is 0.818. The van der Waals surface area contributed by atoms with E-state index in [1.54, 1.807) is 7.11 Å². The Labute approximate surface area is 101 Å². The van der Waals surface area contributed by atoms with Crippen LogP contribution >= 0.6 is 0 Å². The van der Waals surface area contributed by atoms with Gasteiger partial charge < -0.3 is 21.0 Å². The number of nitrogens with two attached hydrogens (primary N) is 1. The van der Waals surface area contributed by atoms with Crippen LogP contribution in [0.4, 0.5) is 0 Å². The predicted octanol–water partition coefficient (Wildman–Crippen LogP) is 0.444. The molecule has 1 rings (SSSR count). The maximum Gasteiger partial charge on any atom is 0.220 e. The van der Waals surface area contributed by atoms with E-state index in [2.05, 4.69) is 10.5 Å². The number of methoxy groups -OCH3 is 1. The summed E-state index contributed by atoms with van der Waals surface area (Å²) in [7, 11) is 1.61. The highest BCUT2D eigenvalue weighted by molar-refractivity contribution is 5.84. The van der Waals surface area contributed by atoms with E-state index in [4.69, 9.17) is 15.7 Å². The molecule has 6 nitrogen and oxygen atoms in total. The van der Waals surface area contributed by atoms with Crippen LogP contribution in [0.2, 0.25) is 0 Å². The number of oxime groups is 1. The molecule has 98 valence electrons. The monoisotopic (exact) mass is 243 g/mol. The zero-order valence-electron chi connectivity index (χ0n) is 10.2. The fourth-order valence-corrected chi connectivity index (χ4v) is 2.22. The Hall–Kier alpha value is -1.30. The first-order chi connectivity index (χ1) is 8.19. The standard InChI is InChI=1S/C11H21N3O3/c1-17-7-3-6-10(15)13-9-5-2-4-8(9)11(12)14-16/h8-9,16H,2-7H2,1H3,(H2,12,14)(H,13,15). The number of hydrogen-bond donors (Lipinski definition) is 3. The second kappa shape index (κ2) is 7.11. The van der Waals surface area contributed by atoms with Crippen molar-refractivity contribution in [3.63, 3.8) is 0 Å². The van der Waals surface area contributed by atoms with Gasteiger partial charge in [0.05, 0.1) is 0 Å². The summed E-state index contributed by atoms with van der Waals surface area (Å²) in [5.41, 5.74) is 5.59. The molecule has 0 aromatic heterocycles. The smallest absolute Gasteiger partial charge is 0.220 e. The van der Waals surface area contributed by atoms with Gasteiger partial charge in [-0.3, -0.25) is 4.79 Å². The van der Waals surface area contributed by atoms with Gasteiger partial charge >= 0.3 is 0 Å². The molecule has 1 amide bonds. The molecule has 0 heterocycles. The van der Waals surface area contributed by atoms with Crippen molar-refractivity contribution in [2.45, 2.75) is 38.1 Å². The van der Waals surface area contributed by atoms with Gasteiger partial charge in [0.2, 0.25) is 5.91 Å². The van der Waals surface area contributed by atoms with Gasteiger partial charge in [-0.2, -0.15) is 0 Å². The molecule has 4 N–H and O–H groups in total. The molecule has 1 aliphatic rings. The number of carbonyl (C=O) groups is 1. The summed E-state index contributed by atoms with van der Waals surface area (Å²) in [6.07, 6.45) is 3.90. The molecule has 1 fully saturated rings. The predicted molar refractivity (Wildman–Crippen MR) is 63.8 cm³/mol. The molecule has 2 atom stereocenters. The van der Waals surface area contributed by atoms with Gasteiger partial charge in [0.25, 0.3) is 0 Å². The molecular weight excluding hydrogens is 222 g/mol. The van der Waals surface area contributed by atoms with Crippen LogP contribution in [0.3, 0.4) is 0 Å². The summed E-state index contributed by atoms with van der Waals surface area (Å²) in [6.45, 7) is 0.585. The summed E-state index contributed by atoms with van der Waals surface area (Å²) >= 11 is 0. The summed E-state index contributed by atoms with van der Waals surface area (Å²) in [5, 5.41) is 14.6. The lowest BCUT2D eigenvalue weighted by atomic mass is 10.0. The first-order valence-corrected chi connectivity index (χ1v) is 5.94. The Kier molecular flexibility index (Phi) is 5.76. The second-order valence-electron chi connectivity index (χ2n) is 4.33. The Balaban J connectivity index is 2.37. The van der Waals surface area contributed by atoms with Gasteiger partial charge in [0.1, 0.15) is 5.84 Å². The average Bonchev–Trinajstić information content (AvgIpc) is 2.76. The lowest BCUT2D eigenvalue weighted by Gasteiger charge is -2.19. The third-order valence-corrected chi connectivity index (χ3v) is 3.11. The van der Waals surface area contributed by atoms with Gasteiger partial charge in [-0.1, -0.05) is 11.6 Å². The van der Waals surface area contributed by atoms with Crippen molar-refractivity contribution >= 4 is 11.7 Å². The van der Waals surface area contributed by atoms with Gasteiger partial charge in [0.15, 0.2) is 0 Å². The summed E-state index contributed by atoms with van der Waals surface area (Å²) in [6, 6.07) is 0.000875. The van der Waals surface area contributed by atoms with Crippen LogP contribution in [-0.2, 0) is 9.53 Å². The molecule has 6 heteroatoms. The third-order valence-electron chi connectivity index (χ3n) is 3.11. The van der Waals surface area contributed by atoms with Crippen molar-refractivity contribution in [1.29, 1.82) is 0 Å². The average molecular weight is 243 g/mol. The molecule has 0 spiro atoms. The maximum atomic E-state index is 11.6. The van der Waals surface area contributed by atoms with E-state index in [0.29, 0.717) is 19.4 Å². The van der Waals surface area contributed by atoms with Crippen molar-refractivity contribution in [1.82, 2.24) is 5.32 Å². The highest BCUT2D eigenvalue weighted by Crippen LogP contribution is 2.25. The van der Waals surface area contributed by atoms with Crippen LogP contribution < -0.4 is 11.1 Å². The van der Waals surface area contributed by atoms with Crippen molar-refractivity contribution < 1.29 is 14.7 Å². The zero-order valence-corrected chi connectivity index (χ0v) is 10.2. The van der Waals surface area contributed by atoms with Gasteiger partial charge in [-0.15, -0.1) is 0 Å². The molecule has 0 aromatic rings. The summed E-state index contributed by atoms with van der Waals surface area (Å²) in [5.74, 6) is 0.181. The van der Waals surface area contributed by atoms with Crippen molar-refractivity contribution in [3.05, 3.63) is 0 Å². The van der Waals surface area contributed by atoms with E-state index < -0.39 is 0 Å². The minimum absolute atomic E-state index is 0.000875. The number of ether oxygens (including phenoxy) is 1. The molecule has 0 saturated heterocycles. The van der Waals surface area contributed by atoms with Crippen LogP contribution in [0.1, 0.15) is 32.1 Å². The van der Waals surface area contributed by atoms with Gasteiger partial charge in [0, 0.05) is 32.1 Å². The number of carbonyl (C=O) groups excluding carboxylic acids is 1. The largest absolute Gasteiger partial charge is 0.409 e. The van der Waals surface area contributed by atoms with Crippen LogP contribution in [0.15, 0.2) is 5.16 Å². The first kappa shape index (κ1) is 13.8. The Morgan fingerprint density at radius 3 is 3.00 bits per heavy atom. The topological polar surface area (TPSA) is 96.9 Å². The number of amidine groups is 1. The molecular formula is C11H21N3O3. The third kappa shape index (κ3) is 4.22. The SMILES string of the molecule is COCCCC(=O)NC1CCCC1C(N)=NO. The van der Waals surface area contributed by atoms with Crippen LogP contribution in [0.25, 0.3) is 0 Å². The number of nitrogens with zero attached hydrogens (tertiary/aromatic N) is 1. The quantitative estimate of drug-likeness (QED) is 0.207. The molecule has 0 aliphatic heterocycles. The number of rotatable bonds is 6. The fourth-order valence-electron chi connectivity index (χ4n) is 2.22. The number of hydrogen-bond acceptors (Lipinski definition) is 4. The summed E-state index contributed by atoms with van der Waals surface area (Å²) < 4.78 is 4.89. The molecule has 0 bridgehead atoms. The van der Waals surface area contributed by atoms with Crippen molar-refractivity contribution in [3.8, 4) is 0 Å². The Bertz CT molecular complexity index is 281. The molecule has 1 aliphatic carbocycles. The Morgan fingerprint density at radius 2 is 2.35 bits per heavy atom.